The quantitative estimate of drug-likeness (QED) is 0.0629. The van der Waals surface area contributed by atoms with E-state index in [1.165, 1.54) is 7.11 Å². The van der Waals surface area contributed by atoms with Gasteiger partial charge in [0.25, 0.3) is 0 Å². The van der Waals surface area contributed by atoms with Gasteiger partial charge in [0.15, 0.2) is 0 Å². The van der Waals surface area contributed by atoms with Crippen LogP contribution in [0.1, 0.15) is 113 Å². The molecule has 1 aliphatic heterocycles. The molecule has 0 bridgehead atoms. The Morgan fingerprint density at radius 1 is 0.780 bits per heavy atom. The SMILES string of the molecule is CC#CCC(CN[C@H](CCCCNC(=O)OC(C)(C)C)C(=O)N1CCC(NC(=O)OC(C)(C)C)(C(=O)OC)CC1)NC(=O)[C@@H](Cc1ccccc1)NC(=O)OC(C)(C)C. The van der Waals surface area contributed by atoms with Crippen LogP contribution in [0.4, 0.5) is 14.4 Å². The van der Waals surface area contributed by atoms with E-state index in [0.29, 0.717) is 25.8 Å². The Labute approximate surface area is 350 Å². The second kappa shape index (κ2) is 22.9. The molecule has 16 heteroatoms. The van der Waals surface area contributed by atoms with E-state index in [0.717, 1.165) is 5.56 Å². The molecule has 1 unspecified atom stereocenters. The van der Waals surface area contributed by atoms with E-state index >= 15 is 0 Å². The van der Waals surface area contributed by atoms with E-state index in [4.69, 9.17) is 18.9 Å². The summed E-state index contributed by atoms with van der Waals surface area (Å²) in [5, 5.41) is 14.5. The predicted molar refractivity (Wildman–Crippen MR) is 223 cm³/mol. The fraction of sp³-hybridized carbons (Fsp3) is 0.674. The first-order chi connectivity index (χ1) is 27.5. The van der Waals surface area contributed by atoms with E-state index in [2.05, 4.69) is 38.4 Å². The van der Waals surface area contributed by atoms with Gasteiger partial charge in [-0.2, -0.15) is 0 Å². The fourth-order valence-electron chi connectivity index (χ4n) is 6.19. The first-order valence-corrected chi connectivity index (χ1v) is 20.3. The van der Waals surface area contributed by atoms with Gasteiger partial charge in [-0.25, -0.2) is 19.2 Å². The van der Waals surface area contributed by atoms with Crippen molar-refractivity contribution >= 4 is 36.1 Å². The van der Waals surface area contributed by atoms with Gasteiger partial charge in [-0.3, -0.25) is 9.59 Å². The fourth-order valence-corrected chi connectivity index (χ4v) is 6.19. The van der Waals surface area contributed by atoms with Crippen LogP contribution in [0.5, 0.6) is 0 Å². The van der Waals surface area contributed by atoms with Crippen molar-refractivity contribution in [2.75, 3.05) is 33.3 Å². The van der Waals surface area contributed by atoms with Crippen molar-refractivity contribution in [1.82, 2.24) is 31.5 Å². The molecule has 5 N–H and O–H groups in total. The molecule has 59 heavy (non-hydrogen) atoms. The normalized spacial score (nSPS) is 15.5. The molecule has 1 saturated heterocycles. The van der Waals surface area contributed by atoms with Crippen LogP contribution in [-0.4, -0.2) is 115 Å². The maximum atomic E-state index is 14.3. The Balaban J connectivity index is 2.28. The topological polar surface area (TPSA) is 203 Å². The van der Waals surface area contributed by atoms with Crippen LogP contribution in [0.3, 0.4) is 0 Å². The Morgan fingerprint density at radius 3 is 1.92 bits per heavy atom. The van der Waals surface area contributed by atoms with Crippen molar-refractivity contribution < 1.29 is 47.7 Å². The van der Waals surface area contributed by atoms with Crippen molar-refractivity contribution in [3.63, 3.8) is 0 Å². The van der Waals surface area contributed by atoms with Crippen molar-refractivity contribution in [2.24, 2.45) is 0 Å². The van der Waals surface area contributed by atoms with Gasteiger partial charge in [0.1, 0.15) is 28.4 Å². The minimum absolute atomic E-state index is 0.0927. The lowest BCUT2D eigenvalue weighted by Crippen LogP contribution is -2.63. The summed E-state index contributed by atoms with van der Waals surface area (Å²) in [6.07, 6.45) is 0.0784. The van der Waals surface area contributed by atoms with E-state index in [9.17, 15) is 28.8 Å². The number of rotatable bonds is 17. The second-order valence-electron chi connectivity index (χ2n) is 17.6. The minimum Gasteiger partial charge on any atom is -0.467 e. The molecular formula is C43H68N6O10. The number of nitrogens with zero attached hydrogens (tertiary/aromatic N) is 1. The number of methoxy groups -OCH3 is 1. The predicted octanol–water partition coefficient (Wildman–Crippen LogP) is 4.73. The summed E-state index contributed by atoms with van der Waals surface area (Å²) in [6, 6.07) is 7.02. The molecule has 1 heterocycles. The van der Waals surface area contributed by atoms with Crippen LogP contribution in [0.2, 0.25) is 0 Å². The van der Waals surface area contributed by atoms with Gasteiger partial charge in [-0.05, 0) is 107 Å². The van der Waals surface area contributed by atoms with Crippen LogP contribution in [0.15, 0.2) is 30.3 Å². The molecule has 0 aromatic heterocycles. The highest BCUT2D eigenvalue weighted by atomic mass is 16.6. The summed E-state index contributed by atoms with van der Waals surface area (Å²) < 4.78 is 21.3. The number of carbonyl (C=O) groups excluding carboxylic acids is 6. The number of benzene rings is 1. The Bertz CT molecular complexity index is 1610. The molecule has 1 aliphatic rings. The van der Waals surface area contributed by atoms with Gasteiger partial charge in [-0.1, -0.05) is 30.3 Å². The number of esters is 1. The van der Waals surface area contributed by atoms with Crippen LogP contribution in [0.25, 0.3) is 0 Å². The average Bonchev–Trinajstić information content (AvgIpc) is 3.12. The Hall–Kier alpha value is -5.04. The molecule has 0 spiro atoms. The number of nitrogens with one attached hydrogen (secondary N) is 5. The maximum Gasteiger partial charge on any atom is 0.408 e. The molecule has 2 rings (SSSR count). The highest BCUT2D eigenvalue weighted by Gasteiger charge is 2.46. The summed E-state index contributed by atoms with van der Waals surface area (Å²) in [5.74, 6) is 4.56. The van der Waals surface area contributed by atoms with Crippen molar-refractivity contribution in [3.05, 3.63) is 35.9 Å². The van der Waals surface area contributed by atoms with E-state index in [1.807, 2.05) is 30.3 Å². The molecule has 330 valence electrons. The average molecular weight is 829 g/mol. The molecule has 0 saturated carbocycles. The third kappa shape index (κ3) is 19.5. The zero-order chi connectivity index (χ0) is 44.4. The van der Waals surface area contributed by atoms with Gasteiger partial charge in [-0.15, -0.1) is 11.8 Å². The van der Waals surface area contributed by atoms with Crippen LogP contribution < -0.4 is 26.6 Å². The first kappa shape index (κ1) is 50.1. The maximum absolute atomic E-state index is 14.3. The van der Waals surface area contributed by atoms with Crippen molar-refractivity contribution in [2.45, 2.75) is 155 Å². The lowest BCUT2D eigenvalue weighted by molar-refractivity contribution is -0.153. The van der Waals surface area contributed by atoms with E-state index in [-0.39, 0.29) is 51.2 Å². The standard InChI is InChI=1S/C43H68N6O10/c1-12-13-21-31(46-34(50)33(28-30-19-15-14-16-20-30)47-38(54)58-41(5,6)7)29-45-32(22-17-18-25-44-37(53)57-40(2,3)4)35(51)49-26-23-43(24-27-49,36(52)56-11)48-39(55)59-42(8,9)10/h14-16,19-20,31-33,45H,17-18,21-29H2,1-11H3,(H,44,53)(H,46,50)(H,47,54)(H,48,55)/t31?,32-,33-/m1/s1. The number of alkyl carbamates (subject to hydrolysis) is 3. The molecule has 1 fully saturated rings. The van der Waals surface area contributed by atoms with Crippen molar-refractivity contribution in [3.8, 4) is 11.8 Å². The van der Waals surface area contributed by atoms with Gasteiger partial charge in [0.2, 0.25) is 11.8 Å². The third-order valence-corrected chi connectivity index (χ3v) is 8.90. The number of hydrogen-bond acceptors (Lipinski definition) is 11. The molecule has 5 amide bonds. The second-order valence-corrected chi connectivity index (χ2v) is 17.6. The lowest BCUT2D eigenvalue weighted by atomic mass is 9.87. The zero-order valence-electron chi connectivity index (χ0n) is 36.9. The van der Waals surface area contributed by atoms with Gasteiger partial charge >= 0.3 is 24.2 Å². The molecule has 0 radical (unpaired) electrons. The van der Waals surface area contributed by atoms with E-state index in [1.54, 1.807) is 74.1 Å². The molecule has 0 aliphatic carbocycles. The summed E-state index contributed by atoms with van der Waals surface area (Å²) in [6.45, 7) is 18.1. The summed E-state index contributed by atoms with van der Waals surface area (Å²) >= 11 is 0. The summed E-state index contributed by atoms with van der Waals surface area (Å²) in [5.41, 5.74) is -2.77. The molecule has 3 atom stereocenters. The largest absolute Gasteiger partial charge is 0.467 e. The monoisotopic (exact) mass is 828 g/mol. The number of likely N-dealkylation sites (tertiary alicyclic amines) is 1. The van der Waals surface area contributed by atoms with Crippen LogP contribution >= 0.6 is 0 Å². The number of carbonyl (C=O) groups is 6. The van der Waals surface area contributed by atoms with Gasteiger partial charge in [0.05, 0.1) is 19.2 Å². The molecule has 1 aromatic carbocycles. The van der Waals surface area contributed by atoms with Crippen LogP contribution in [0, 0.1) is 11.8 Å². The number of amides is 5. The minimum atomic E-state index is -1.39. The first-order valence-electron chi connectivity index (χ1n) is 20.3. The number of ether oxygens (including phenoxy) is 4. The summed E-state index contributed by atoms with van der Waals surface area (Å²) in [7, 11) is 1.24. The third-order valence-electron chi connectivity index (χ3n) is 8.90. The van der Waals surface area contributed by atoms with E-state index < -0.39 is 70.6 Å². The Kier molecular flexibility index (Phi) is 19.5. The molecular weight excluding hydrogens is 761 g/mol. The Morgan fingerprint density at radius 2 is 1.36 bits per heavy atom. The van der Waals surface area contributed by atoms with Gasteiger partial charge in [0, 0.05) is 39.0 Å². The highest BCUT2D eigenvalue weighted by Crippen LogP contribution is 2.26. The number of unbranched alkanes of at least 4 members (excludes halogenated alkanes) is 1. The molecule has 1 aromatic rings. The summed E-state index contributed by atoms with van der Waals surface area (Å²) in [4.78, 5) is 80.6. The zero-order valence-corrected chi connectivity index (χ0v) is 36.9. The van der Waals surface area contributed by atoms with Crippen LogP contribution in [-0.2, 0) is 39.8 Å². The van der Waals surface area contributed by atoms with Crippen molar-refractivity contribution in [1.29, 1.82) is 0 Å². The lowest BCUT2D eigenvalue weighted by Gasteiger charge is -2.41. The smallest absolute Gasteiger partial charge is 0.408 e. The highest BCUT2D eigenvalue weighted by molar-refractivity contribution is 5.88. The van der Waals surface area contributed by atoms with Gasteiger partial charge < -0.3 is 50.4 Å². The number of piperidine rings is 1. The molecule has 16 nitrogen and oxygen atoms in total. The number of hydrogen-bond donors (Lipinski definition) is 5.